The number of carbonyl (C=O) groups excluding carboxylic acids is 1. The number of aryl methyl sites for hydroxylation is 1. The van der Waals surface area contributed by atoms with Gasteiger partial charge in [0.2, 0.25) is 0 Å². The summed E-state index contributed by atoms with van der Waals surface area (Å²) < 4.78 is 14.1. The van der Waals surface area contributed by atoms with Gasteiger partial charge in [-0.3, -0.25) is 4.98 Å². The van der Waals surface area contributed by atoms with Crippen LogP contribution in [0.1, 0.15) is 30.1 Å². The SMILES string of the molecule is Cc1ccncc1NC(=O)Nc1ccc(C(O)C2CC2)c(F)c1. The first-order valence-electron chi connectivity index (χ1n) is 7.50. The molecule has 1 aliphatic rings. The third-order valence-corrected chi connectivity index (χ3v) is 3.93. The Morgan fingerprint density at radius 3 is 2.78 bits per heavy atom. The standard InChI is InChI=1S/C17H18FN3O2/c1-10-6-7-19-9-15(10)21-17(23)20-12-4-5-13(14(18)8-12)16(22)11-2-3-11/h4-9,11,16,22H,2-3H2,1H3,(H2,20,21,23). The van der Waals surface area contributed by atoms with E-state index in [0.717, 1.165) is 18.4 Å². The molecule has 0 radical (unpaired) electrons. The number of nitrogens with one attached hydrogen (secondary N) is 2. The zero-order valence-electron chi connectivity index (χ0n) is 12.7. The molecule has 0 spiro atoms. The minimum atomic E-state index is -0.768. The Balaban J connectivity index is 1.67. The van der Waals surface area contributed by atoms with E-state index in [4.69, 9.17) is 0 Å². The Labute approximate surface area is 133 Å². The smallest absolute Gasteiger partial charge is 0.323 e. The average Bonchev–Trinajstić information content (AvgIpc) is 3.34. The molecule has 1 heterocycles. The number of rotatable bonds is 4. The number of halogens is 1. The first kappa shape index (κ1) is 15.4. The molecule has 1 fully saturated rings. The number of aliphatic hydroxyl groups is 1. The highest BCUT2D eigenvalue weighted by atomic mass is 19.1. The largest absolute Gasteiger partial charge is 0.388 e. The molecule has 2 aromatic rings. The summed E-state index contributed by atoms with van der Waals surface area (Å²) in [6, 6.07) is 5.62. The van der Waals surface area contributed by atoms with Crippen molar-refractivity contribution in [3.63, 3.8) is 0 Å². The molecule has 2 amide bonds. The molecule has 0 aliphatic heterocycles. The Bertz CT molecular complexity index is 732. The summed E-state index contributed by atoms with van der Waals surface area (Å²) in [5.74, 6) is -0.361. The number of pyridine rings is 1. The quantitative estimate of drug-likeness (QED) is 0.807. The first-order valence-corrected chi connectivity index (χ1v) is 7.50. The molecule has 0 saturated heterocycles. The summed E-state index contributed by atoms with van der Waals surface area (Å²) >= 11 is 0. The maximum atomic E-state index is 14.1. The summed E-state index contributed by atoms with van der Waals surface area (Å²) in [5.41, 5.74) is 2.07. The number of nitrogens with zero attached hydrogens (tertiary/aromatic N) is 1. The van der Waals surface area contributed by atoms with Crippen LogP contribution in [0, 0.1) is 18.7 Å². The Morgan fingerprint density at radius 1 is 1.35 bits per heavy atom. The molecule has 1 aliphatic carbocycles. The molecule has 3 rings (SSSR count). The zero-order valence-corrected chi connectivity index (χ0v) is 12.7. The van der Waals surface area contributed by atoms with Crippen molar-refractivity contribution in [2.75, 3.05) is 10.6 Å². The maximum absolute atomic E-state index is 14.1. The van der Waals surface area contributed by atoms with E-state index in [2.05, 4.69) is 15.6 Å². The van der Waals surface area contributed by atoms with Gasteiger partial charge < -0.3 is 15.7 Å². The van der Waals surface area contributed by atoms with Gasteiger partial charge in [-0.05, 0) is 49.4 Å². The maximum Gasteiger partial charge on any atom is 0.323 e. The van der Waals surface area contributed by atoms with Gasteiger partial charge in [0.05, 0.1) is 18.0 Å². The molecule has 6 heteroatoms. The Hall–Kier alpha value is -2.47. The van der Waals surface area contributed by atoms with E-state index in [1.807, 2.05) is 6.92 Å². The van der Waals surface area contributed by atoms with Crippen molar-refractivity contribution in [1.82, 2.24) is 4.98 Å². The predicted octanol–water partition coefficient (Wildman–Crippen LogP) is 3.62. The number of aromatic nitrogens is 1. The van der Waals surface area contributed by atoms with Gasteiger partial charge in [-0.15, -0.1) is 0 Å². The number of anilines is 2. The highest BCUT2D eigenvalue weighted by molar-refractivity contribution is 6.00. The number of hydrogen-bond donors (Lipinski definition) is 3. The van der Waals surface area contributed by atoms with Crippen LogP contribution in [0.2, 0.25) is 0 Å². The lowest BCUT2D eigenvalue weighted by molar-refractivity contribution is 0.149. The van der Waals surface area contributed by atoms with Crippen LogP contribution in [0.25, 0.3) is 0 Å². The minimum absolute atomic E-state index is 0.153. The van der Waals surface area contributed by atoms with Crippen molar-refractivity contribution in [3.05, 3.63) is 53.6 Å². The second kappa shape index (κ2) is 6.34. The molecule has 0 bridgehead atoms. The lowest BCUT2D eigenvalue weighted by Gasteiger charge is -2.13. The van der Waals surface area contributed by atoms with Crippen LogP contribution in [-0.4, -0.2) is 16.1 Å². The van der Waals surface area contributed by atoms with Crippen LogP contribution in [0.4, 0.5) is 20.6 Å². The van der Waals surface area contributed by atoms with E-state index in [0.29, 0.717) is 11.4 Å². The van der Waals surface area contributed by atoms with E-state index in [9.17, 15) is 14.3 Å². The number of hydrogen-bond acceptors (Lipinski definition) is 3. The van der Waals surface area contributed by atoms with Gasteiger partial charge in [-0.1, -0.05) is 6.07 Å². The van der Waals surface area contributed by atoms with E-state index in [1.54, 1.807) is 24.5 Å². The zero-order chi connectivity index (χ0) is 16.4. The number of benzene rings is 1. The van der Waals surface area contributed by atoms with E-state index in [1.165, 1.54) is 12.1 Å². The van der Waals surface area contributed by atoms with Crippen molar-refractivity contribution >= 4 is 17.4 Å². The fourth-order valence-electron chi connectivity index (χ4n) is 2.39. The average molecular weight is 315 g/mol. The van der Waals surface area contributed by atoms with Gasteiger partial charge in [-0.25, -0.2) is 9.18 Å². The van der Waals surface area contributed by atoms with Gasteiger partial charge in [0.1, 0.15) is 5.82 Å². The van der Waals surface area contributed by atoms with Crippen LogP contribution >= 0.6 is 0 Å². The third-order valence-electron chi connectivity index (χ3n) is 3.93. The van der Waals surface area contributed by atoms with E-state index >= 15 is 0 Å². The summed E-state index contributed by atoms with van der Waals surface area (Å²) in [7, 11) is 0. The van der Waals surface area contributed by atoms with Gasteiger partial charge in [0.25, 0.3) is 0 Å². The van der Waals surface area contributed by atoms with Crippen LogP contribution < -0.4 is 10.6 Å². The fraction of sp³-hybridized carbons (Fsp3) is 0.294. The van der Waals surface area contributed by atoms with Crippen molar-refractivity contribution in [2.24, 2.45) is 5.92 Å². The minimum Gasteiger partial charge on any atom is -0.388 e. The predicted molar refractivity (Wildman–Crippen MR) is 85.7 cm³/mol. The van der Waals surface area contributed by atoms with Crippen molar-refractivity contribution in [1.29, 1.82) is 0 Å². The third kappa shape index (κ3) is 3.65. The Morgan fingerprint density at radius 2 is 2.13 bits per heavy atom. The van der Waals surface area contributed by atoms with E-state index < -0.39 is 18.0 Å². The lowest BCUT2D eigenvalue weighted by atomic mass is 10.0. The van der Waals surface area contributed by atoms with Crippen molar-refractivity contribution in [2.45, 2.75) is 25.9 Å². The highest BCUT2D eigenvalue weighted by Crippen LogP contribution is 2.41. The lowest BCUT2D eigenvalue weighted by Crippen LogP contribution is -2.20. The first-order chi connectivity index (χ1) is 11.0. The van der Waals surface area contributed by atoms with Gasteiger partial charge in [-0.2, -0.15) is 0 Å². The van der Waals surface area contributed by atoms with Gasteiger partial charge >= 0.3 is 6.03 Å². The normalized spacial score (nSPS) is 15.1. The van der Waals surface area contributed by atoms with Crippen molar-refractivity contribution in [3.8, 4) is 0 Å². The second-order valence-corrected chi connectivity index (χ2v) is 5.79. The molecule has 1 aromatic carbocycles. The van der Waals surface area contributed by atoms with Crippen LogP contribution in [0.5, 0.6) is 0 Å². The topological polar surface area (TPSA) is 74.2 Å². The number of aliphatic hydroxyl groups excluding tert-OH is 1. The fourth-order valence-corrected chi connectivity index (χ4v) is 2.39. The van der Waals surface area contributed by atoms with Crippen LogP contribution in [-0.2, 0) is 0 Å². The summed E-state index contributed by atoms with van der Waals surface area (Å²) in [6.45, 7) is 1.85. The van der Waals surface area contributed by atoms with Crippen LogP contribution in [0.15, 0.2) is 36.7 Å². The summed E-state index contributed by atoms with van der Waals surface area (Å²) in [4.78, 5) is 15.9. The molecule has 5 nitrogen and oxygen atoms in total. The molecule has 1 unspecified atom stereocenters. The van der Waals surface area contributed by atoms with Crippen LogP contribution in [0.3, 0.4) is 0 Å². The van der Waals surface area contributed by atoms with Crippen molar-refractivity contribution < 1.29 is 14.3 Å². The highest BCUT2D eigenvalue weighted by Gasteiger charge is 2.32. The molecule has 1 aromatic heterocycles. The number of urea groups is 1. The second-order valence-electron chi connectivity index (χ2n) is 5.79. The Kier molecular flexibility index (Phi) is 4.25. The summed E-state index contributed by atoms with van der Waals surface area (Å²) in [5, 5.41) is 15.2. The molecule has 1 saturated carbocycles. The molecule has 120 valence electrons. The van der Waals surface area contributed by atoms with E-state index in [-0.39, 0.29) is 11.5 Å². The van der Waals surface area contributed by atoms with Gasteiger partial charge in [0, 0.05) is 17.4 Å². The molecular weight excluding hydrogens is 297 g/mol. The molecule has 23 heavy (non-hydrogen) atoms. The molecule has 1 atom stereocenters. The summed E-state index contributed by atoms with van der Waals surface area (Å²) in [6.07, 6.45) is 4.26. The number of carbonyl (C=O) groups is 1. The monoisotopic (exact) mass is 315 g/mol. The molecule has 3 N–H and O–H groups in total. The van der Waals surface area contributed by atoms with Gasteiger partial charge in [0.15, 0.2) is 0 Å². The number of amides is 2. The molecular formula is C17H18FN3O2.